The molecule has 3 rings (SSSR count). The van der Waals surface area contributed by atoms with Gasteiger partial charge >= 0.3 is 12.1 Å². The van der Waals surface area contributed by atoms with Gasteiger partial charge in [-0.3, -0.25) is 4.68 Å². The van der Waals surface area contributed by atoms with Crippen molar-refractivity contribution in [3.05, 3.63) is 30.5 Å². The lowest BCUT2D eigenvalue weighted by atomic mass is 10.1. The van der Waals surface area contributed by atoms with E-state index in [1.54, 1.807) is 29.5 Å². The Morgan fingerprint density at radius 1 is 1.31 bits per heavy atom. The van der Waals surface area contributed by atoms with Crippen LogP contribution in [0.5, 0.6) is 0 Å². The van der Waals surface area contributed by atoms with Gasteiger partial charge in [-0.15, -0.1) is 0 Å². The van der Waals surface area contributed by atoms with Crippen molar-refractivity contribution in [3.63, 3.8) is 0 Å². The van der Waals surface area contributed by atoms with Gasteiger partial charge < -0.3 is 14.8 Å². The first-order valence-corrected chi connectivity index (χ1v) is 9.72. The zero-order valence-electron chi connectivity index (χ0n) is 15.5. The number of imidazole rings is 1. The molecule has 162 valence electrons. The summed E-state index contributed by atoms with van der Waals surface area (Å²) in [6.45, 7) is 0.297. The molecule has 1 aliphatic heterocycles. The van der Waals surface area contributed by atoms with Gasteiger partial charge in [-0.05, 0) is 18.4 Å². The van der Waals surface area contributed by atoms with E-state index in [9.17, 15) is 26.7 Å². The largest absolute Gasteiger partial charge is 0.490 e. The van der Waals surface area contributed by atoms with Crippen LogP contribution < -0.4 is 0 Å². The standard InChI is InChI=1S/C13H19N5O3S.C2HF3O2/c1-16-8-13(14-9-16)22(20,21)18-4-3-12(19)11(18)5-10-6-15-17(2)7-10;3-2(4,5)1(6)7/h6-9,11-12,19H,3-5H2,1-2H3;(H,6,7)/t11-,12+;/m0./s1. The number of carbonyl (C=O) groups is 1. The smallest absolute Gasteiger partial charge is 0.475 e. The first-order chi connectivity index (χ1) is 13.3. The van der Waals surface area contributed by atoms with Crippen LogP contribution in [0.15, 0.2) is 29.9 Å². The predicted octanol–water partition coefficient (Wildman–Crippen LogP) is 0.153. The fourth-order valence-corrected chi connectivity index (χ4v) is 4.44. The molecule has 0 aliphatic carbocycles. The van der Waals surface area contributed by atoms with Crippen LogP contribution in [0.2, 0.25) is 0 Å². The number of rotatable bonds is 4. The molecule has 0 bridgehead atoms. The lowest BCUT2D eigenvalue weighted by molar-refractivity contribution is -0.192. The summed E-state index contributed by atoms with van der Waals surface area (Å²) in [5.74, 6) is -2.76. The quantitative estimate of drug-likeness (QED) is 0.694. The summed E-state index contributed by atoms with van der Waals surface area (Å²) >= 11 is 0. The number of hydrogen-bond donors (Lipinski definition) is 2. The molecule has 10 nitrogen and oxygen atoms in total. The second-order valence-corrected chi connectivity index (χ2v) is 8.28. The van der Waals surface area contributed by atoms with Crippen LogP contribution >= 0.6 is 0 Å². The van der Waals surface area contributed by atoms with Crippen molar-refractivity contribution < 1.29 is 36.6 Å². The summed E-state index contributed by atoms with van der Waals surface area (Å²) in [5, 5.41) is 21.4. The molecule has 1 saturated heterocycles. The van der Waals surface area contributed by atoms with Crippen LogP contribution in [0.25, 0.3) is 0 Å². The second-order valence-electron chi connectivity index (χ2n) is 6.45. The van der Waals surface area contributed by atoms with Crippen LogP contribution in [-0.4, -0.2) is 73.1 Å². The maximum atomic E-state index is 12.7. The molecular weight excluding hydrogens is 419 g/mol. The van der Waals surface area contributed by atoms with Crippen molar-refractivity contribution in [1.29, 1.82) is 0 Å². The van der Waals surface area contributed by atoms with Crippen molar-refractivity contribution >= 4 is 16.0 Å². The highest BCUT2D eigenvalue weighted by molar-refractivity contribution is 7.89. The van der Waals surface area contributed by atoms with Crippen molar-refractivity contribution in [3.8, 4) is 0 Å². The van der Waals surface area contributed by atoms with Gasteiger partial charge in [0.15, 0.2) is 5.03 Å². The highest BCUT2D eigenvalue weighted by Gasteiger charge is 2.42. The number of aliphatic hydroxyl groups is 1. The van der Waals surface area contributed by atoms with Gasteiger partial charge in [-0.25, -0.2) is 18.2 Å². The molecular formula is C15H20F3N5O5S. The van der Waals surface area contributed by atoms with E-state index in [4.69, 9.17) is 9.90 Å². The fourth-order valence-electron chi connectivity index (χ4n) is 2.81. The minimum Gasteiger partial charge on any atom is -0.475 e. The first kappa shape index (κ1) is 22.8. The number of alkyl halides is 3. The van der Waals surface area contributed by atoms with Crippen molar-refractivity contribution in [1.82, 2.24) is 23.6 Å². The molecule has 1 fully saturated rings. The Kier molecular flexibility index (Phi) is 6.70. The minimum absolute atomic E-state index is 0.0142. The maximum absolute atomic E-state index is 12.7. The molecule has 2 N–H and O–H groups in total. The number of sulfonamides is 1. The lowest BCUT2D eigenvalue weighted by Crippen LogP contribution is -2.41. The van der Waals surface area contributed by atoms with E-state index in [0.717, 1.165) is 5.56 Å². The number of aliphatic carboxylic acids is 1. The summed E-state index contributed by atoms with van der Waals surface area (Å²) < 4.78 is 61.8. The van der Waals surface area contributed by atoms with Gasteiger partial charge in [-0.1, -0.05) is 0 Å². The third-order valence-corrected chi connectivity index (χ3v) is 5.97. The van der Waals surface area contributed by atoms with Gasteiger partial charge in [0.2, 0.25) is 0 Å². The van der Waals surface area contributed by atoms with Crippen LogP contribution in [0.4, 0.5) is 13.2 Å². The number of carboxylic acids is 1. The second kappa shape index (κ2) is 8.51. The number of nitrogens with zero attached hydrogens (tertiary/aromatic N) is 5. The van der Waals surface area contributed by atoms with E-state index in [1.807, 2.05) is 6.20 Å². The molecule has 2 aromatic rings. The Labute approximate surface area is 164 Å². The Hall–Kier alpha value is -2.45. The van der Waals surface area contributed by atoms with Crippen LogP contribution in [0, 0.1) is 0 Å². The van der Waals surface area contributed by atoms with Crippen molar-refractivity contribution in [2.45, 2.75) is 36.2 Å². The van der Waals surface area contributed by atoms with E-state index < -0.39 is 34.3 Å². The Balaban J connectivity index is 0.000000370. The van der Waals surface area contributed by atoms with E-state index in [0.29, 0.717) is 19.4 Å². The minimum atomic E-state index is -5.08. The molecule has 0 amide bonds. The van der Waals surface area contributed by atoms with Crippen LogP contribution in [-0.2, 0) is 35.3 Å². The van der Waals surface area contributed by atoms with Gasteiger partial charge in [0.05, 0.1) is 24.7 Å². The van der Waals surface area contributed by atoms with Gasteiger partial charge in [0.25, 0.3) is 10.0 Å². The SMILES string of the molecule is Cn1cnc(S(=O)(=O)N2CC[C@@H](O)[C@@H]2Cc2cnn(C)c2)c1.O=C(O)C(F)(F)F. The lowest BCUT2D eigenvalue weighted by Gasteiger charge is -2.24. The number of carboxylic acid groups (broad SMARTS) is 1. The molecule has 14 heteroatoms. The van der Waals surface area contributed by atoms with E-state index in [2.05, 4.69) is 10.1 Å². The topological polar surface area (TPSA) is 131 Å². The summed E-state index contributed by atoms with van der Waals surface area (Å²) in [4.78, 5) is 12.8. The molecule has 0 saturated carbocycles. The van der Waals surface area contributed by atoms with Crippen LogP contribution in [0.1, 0.15) is 12.0 Å². The third kappa shape index (κ3) is 5.55. The van der Waals surface area contributed by atoms with E-state index >= 15 is 0 Å². The van der Waals surface area contributed by atoms with Gasteiger partial charge in [0.1, 0.15) is 0 Å². The molecule has 1 aliphatic rings. The molecule has 0 aromatic carbocycles. The average Bonchev–Trinajstić information content (AvgIpc) is 3.30. The molecule has 29 heavy (non-hydrogen) atoms. The Morgan fingerprint density at radius 3 is 2.38 bits per heavy atom. The summed E-state index contributed by atoms with van der Waals surface area (Å²) in [6, 6.07) is -0.490. The summed E-state index contributed by atoms with van der Waals surface area (Å²) in [7, 11) is -0.176. The van der Waals surface area contributed by atoms with Gasteiger partial charge in [-0.2, -0.15) is 22.6 Å². The molecule has 0 unspecified atom stereocenters. The van der Waals surface area contributed by atoms with Crippen LogP contribution in [0.3, 0.4) is 0 Å². The van der Waals surface area contributed by atoms with E-state index in [-0.39, 0.29) is 5.03 Å². The predicted molar refractivity (Wildman–Crippen MR) is 92.1 cm³/mol. The number of aryl methyl sites for hydroxylation is 2. The average molecular weight is 439 g/mol. The Bertz CT molecular complexity index is 956. The highest BCUT2D eigenvalue weighted by Crippen LogP contribution is 2.27. The number of hydrogen-bond acceptors (Lipinski definition) is 6. The van der Waals surface area contributed by atoms with Crippen molar-refractivity contribution in [2.24, 2.45) is 14.1 Å². The zero-order valence-corrected chi connectivity index (χ0v) is 16.3. The molecule has 0 spiro atoms. The number of halogens is 3. The fraction of sp³-hybridized carbons (Fsp3) is 0.533. The van der Waals surface area contributed by atoms with E-state index in [1.165, 1.54) is 16.8 Å². The zero-order chi connectivity index (χ0) is 22.0. The monoisotopic (exact) mass is 439 g/mol. The Morgan fingerprint density at radius 2 is 1.93 bits per heavy atom. The first-order valence-electron chi connectivity index (χ1n) is 8.28. The molecule has 0 radical (unpaired) electrons. The van der Waals surface area contributed by atoms with Crippen molar-refractivity contribution in [2.75, 3.05) is 6.54 Å². The normalized spacial score (nSPS) is 20.3. The molecule has 2 atom stereocenters. The third-order valence-electron chi connectivity index (χ3n) is 4.16. The maximum Gasteiger partial charge on any atom is 0.490 e. The summed E-state index contributed by atoms with van der Waals surface area (Å²) in [5.41, 5.74) is 0.898. The highest BCUT2D eigenvalue weighted by atomic mass is 32.2. The number of aliphatic hydroxyl groups excluding tert-OH is 1. The van der Waals surface area contributed by atoms with Gasteiger partial charge in [0, 0.05) is 33.0 Å². The summed E-state index contributed by atoms with van der Waals surface area (Å²) in [6.07, 6.45) is 1.54. The molecule has 3 heterocycles. The molecule has 2 aromatic heterocycles. The number of aromatic nitrogens is 4.